The van der Waals surface area contributed by atoms with E-state index >= 15 is 0 Å². The molecule has 4 heteroatoms. The lowest BCUT2D eigenvalue weighted by molar-refractivity contribution is 0.0661. The molecule has 0 fully saturated rings. The van der Waals surface area contributed by atoms with Gasteiger partial charge in [0.15, 0.2) is 0 Å². The molecular formula is C15H17NO3. The standard InChI is InChI=1S/C15H17NO3/c1-9-4-5-13(6-10(9)2)16-8-12-7-14(15(17)18)19-11(12)3/h4-7,16H,8H2,1-3H3,(H,17,18). The van der Waals surface area contributed by atoms with E-state index in [1.54, 1.807) is 13.0 Å². The van der Waals surface area contributed by atoms with Gasteiger partial charge >= 0.3 is 5.97 Å². The molecule has 19 heavy (non-hydrogen) atoms. The van der Waals surface area contributed by atoms with Crippen LogP contribution in [0.2, 0.25) is 0 Å². The molecule has 0 saturated carbocycles. The first-order valence-corrected chi connectivity index (χ1v) is 6.11. The Morgan fingerprint density at radius 3 is 2.53 bits per heavy atom. The maximum Gasteiger partial charge on any atom is 0.371 e. The van der Waals surface area contributed by atoms with Crippen molar-refractivity contribution in [2.45, 2.75) is 27.3 Å². The fourth-order valence-corrected chi connectivity index (χ4v) is 1.85. The Balaban J connectivity index is 2.09. The summed E-state index contributed by atoms with van der Waals surface area (Å²) in [5.41, 5.74) is 4.34. The molecule has 0 spiro atoms. The molecule has 4 nitrogen and oxygen atoms in total. The lowest BCUT2D eigenvalue weighted by atomic mass is 10.1. The van der Waals surface area contributed by atoms with E-state index in [1.165, 1.54) is 11.1 Å². The molecule has 0 radical (unpaired) electrons. The number of furan rings is 1. The van der Waals surface area contributed by atoms with Crippen molar-refractivity contribution in [1.29, 1.82) is 0 Å². The second kappa shape index (κ2) is 5.18. The largest absolute Gasteiger partial charge is 0.475 e. The van der Waals surface area contributed by atoms with Crippen LogP contribution in [-0.4, -0.2) is 11.1 Å². The molecule has 1 aromatic heterocycles. The Morgan fingerprint density at radius 1 is 1.21 bits per heavy atom. The summed E-state index contributed by atoms with van der Waals surface area (Å²) in [6.07, 6.45) is 0. The second-order valence-corrected chi connectivity index (χ2v) is 4.65. The van der Waals surface area contributed by atoms with Crippen molar-refractivity contribution in [3.63, 3.8) is 0 Å². The maximum absolute atomic E-state index is 10.8. The van der Waals surface area contributed by atoms with Crippen LogP contribution in [0.4, 0.5) is 5.69 Å². The number of nitrogens with one attached hydrogen (secondary N) is 1. The lowest BCUT2D eigenvalue weighted by Crippen LogP contribution is -2.00. The maximum atomic E-state index is 10.8. The van der Waals surface area contributed by atoms with E-state index in [4.69, 9.17) is 9.52 Å². The Bertz CT molecular complexity index is 614. The van der Waals surface area contributed by atoms with Gasteiger partial charge in [-0.2, -0.15) is 0 Å². The minimum Gasteiger partial charge on any atom is -0.475 e. The predicted octanol–water partition coefficient (Wildman–Crippen LogP) is 3.52. The molecule has 0 unspecified atom stereocenters. The summed E-state index contributed by atoms with van der Waals surface area (Å²) in [6, 6.07) is 7.70. The highest BCUT2D eigenvalue weighted by Crippen LogP contribution is 2.18. The molecule has 0 aliphatic heterocycles. The molecular weight excluding hydrogens is 242 g/mol. The Kier molecular flexibility index (Phi) is 3.60. The first kappa shape index (κ1) is 13.2. The molecule has 1 aromatic carbocycles. The molecule has 2 N–H and O–H groups in total. The van der Waals surface area contributed by atoms with E-state index in [2.05, 4.69) is 31.3 Å². The van der Waals surface area contributed by atoms with E-state index in [0.717, 1.165) is 11.3 Å². The Labute approximate surface area is 112 Å². The van der Waals surface area contributed by atoms with E-state index in [0.29, 0.717) is 12.3 Å². The van der Waals surface area contributed by atoms with E-state index < -0.39 is 5.97 Å². The SMILES string of the molecule is Cc1ccc(NCc2cc(C(=O)O)oc2C)cc1C. The third-order valence-electron chi connectivity index (χ3n) is 3.22. The van der Waals surface area contributed by atoms with Gasteiger partial charge in [-0.15, -0.1) is 0 Å². The molecule has 2 aromatic rings. The van der Waals surface area contributed by atoms with Crippen LogP contribution in [0.5, 0.6) is 0 Å². The fraction of sp³-hybridized carbons (Fsp3) is 0.267. The predicted molar refractivity (Wildman–Crippen MR) is 73.6 cm³/mol. The minimum atomic E-state index is -1.04. The van der Waals surface area contributed by atoms with Crippen LogP contribution in [0, 0.1) is 20.8 Å². The van der Waals surface area contributed by atoms with Gasteiger partial charge in [-0.1, -0.05) is 6.07 Å². The average Bonchev–Trinajstić information content (AvgIpc) is 2.73. The number of aryl methyl sites for hydroxylation is 3. The van der Waals surface area contributed by atoms with Gasteiger partial charge < -0.3 is 14.8 Å². The number of aromatic carboxylic acids is 1. The van der Waals surface area contributed by atoms with Gasteiger partial charge in [0.25, 0.3) is 0 Å². The van der Waals surface area contributed by atoms with Crippen LogP contribution in [0.1, 0.15) is 33.0 Å². The topological polar surface area (TPSA) is 62.5 Å². The summed E-state index contributed by atoms with van der Waals surface area (Å²) < 4.78 is 5.17. The summed E-state index contributed by atoms with van der Waals surface area (Å²) >= 11 is 0. The lowest BCUT2D eigenvalue weighted by Gasteiger charge is -2.08. The third kappa shape index (κ3) is 2.96. The highest BCUT2D eigenvalue weighted by molar-refractivity contribution is 5.84. The van der Waals surface area contributed by atoms with Crippen molar-refractivity contribution in [3.05, 3.63) is 52.5 Å². The molecule has 0 aliphatic rings. The minimum absolute atomic E-state index is 0.0191. The van der Waals surface area contributed by atoms with Crippen LogP contribution in [0.3, 0.4) is 0 Å². The number of hydrogen-bond donors (Lipinski definition) is 2. The molecule has 2 rings (SSSR count). The van der Waals surface area contributed by atoms with Crippen molar-refractivity contribution in [3.8, 4) is 0 Å². The highest BCUT2D eigenvalue weighted by atomic mass is 16.4. The number of carboxylic acids is 1. The molecule has 0 saturated heterocycles. The molecule has 0 amide bonds. The number of rotatable bonds is 4. The van der Waals surface area contributed by atoms with Gasteiger partial charge in [-0.25, -0.2) is 4.79 Å². The van der Waals surface area contributed by atoms with Crippen molar-refractivity contribution < 1.29 is 14.3 Å². The van der Waals surface area contributed by atoms with Crippen LogP contribution in [0.25, 0.3) is 0 Å². The molecule has 0 atom stereocenters. The van der Waals surface area contributed by atoms with E-state index in [1.807, 2.05) is 6.07 Å². The fourth-order valence-electron chi connectivity index (χ4n) is 1.85. The van der Waals surface area contributed by atoms with Gasteiger partial charge in [-0.3, -0.25) is 0 Å². The zero-order valence-corrected chi connectivity index (χ0v) is 11.3. The average molecular weight is 259 g/mol. The zero-order valence-electron chi connectivity index (χ0n) is 11.3. The first-order chi connectivity index (χ1) is 8.97. The first-order valence-electron chi connectivity index (χ1n) is 6.11. The van der Waals surface area contributed by atoms with Crippen molar-refractivity contribution in [2.24, 2.45) is 0 Å². The summed E-state index contributed by atoms with van der Waals surface area (Å²) in [6.45, 7) is 6.44. The highest BCUT2D eigenvalue weighted by Gasteiger charge is 2.12. The van der Waals surface area contributed by atoms with Crippen molar-refractivity contribution in [1.82, 2.24) is 0 Å². The van der Waals surface area contributed by atoms with Crippen LogP contribution in [-0.2, 0) is 6.54 Å². The zero-order chi connectivity index (χ0) is 14.0. The quantitative estimate of drug-likeness (QED) is 0.881. The third-order valence-corrected chi connectivity index (χ3v) is 3.22. The number of benzene rings is 1. The van der Waals surface area contributed by atoms with Gasteiger partial charge in [0.05, 0.1) is 0 Å². The van der Waals surface area contributed by atoms with Crippen molar-refractivity contribution >= 4 is 11.7 Å². The monoisotopic (exact) mass is 259 g/mol. The number of carboxylic acid groups (broad SMARTS) is 1. The van der Waals surface area contributed by atoms with Gasteiger partial charge in [-0.05, 0) is 50.1 Å². The summed E-state index contributed by atoms with van der Waals surface area (Å²) in [4.78, 5) is 10.8. The summed E-state index contributed by atoms with van der Waals surface area (Å²) in [5.74, 6) is -0.427. The molecule has 1 heterocycles. The molecule has 0 bridgehead atoms. The second-order valence-electron chi connectivity index (χ2n) is 4.65. The van der Waals surface area contributed by atoms with Crippen LogP contribution < -0.4 is 5.32 Å². The number of carbonyl (C=O) groups is 1. The number of hydrogen-bond acceptors (Lipinski definition) is 3. The molecule has 0 aliphatic carbocycles. The Hall–Kier alpha value is -2.23. The van der Waals surface area contributed by atoms with Crippen LogP contribution in [0.15, 0.2) is 28.7 Å². The molecule has 100 valence electrons. The normalized spacial score (nSPS) is 10.5. The van der Waals surface area contributed by atoms with Crippen molar-refractivity contribution in [2.75, 3.05) is 5.32 Å². The summed E-state index contributed by atoms with van der Waals surface area (Å²) in [5, 5.41) is 12.1. The summed E-state index contributed by atoms with van der Waals surface area (Å²) in [7, 11) is 0. The van der Waals surface area contributed by atoms with Gasteiger partial charge in [0, 0.05) is 17.8 Å². The van der Waals surface area contributed by atoms with E-state index in [9.17, 15) is 4.79 Å². The van der Waals surface area contributed by atoms with Gasteiger partial charge in [0.2, 0.25) is 5.76 Å². The number of anilines is 1. The van der Waals surface area contributed by atoms with E-state index in [-0.39, 0.29) is 5.76 Å². The van der Waals surface area contributed by atoms with Gasteiger partial charge in [0.1, 0.15) is 5.76 Å². The smallest absolute Gasteiger partial charge is 0.371 e. The van der Waals surface area contributed by atoms with Crippen LogP contribution >= 0.6 is 0 Å². The Morgan fingerprint density at radius 2 is 1.95 bits per heavy atom.